The molecular formula is C18H27NO. The Kier molecular flexibility index (Phi) is 4.13. The first-order chi connectivity index (χ1) is 9.67. The molecule has 0 aromatic heterocycles. The summed E-state index contributed by atoms with van der Waals surface area (Å²) >= 11 is 0. The molecule has 20 heavy (non-hydrogen) atoms. The zero-order valence-electron chi connectivity index (χ0n) is 12.8. The normalized spacial score (nSPS) is 28.3. The molecule has 1 aromatic carbocycles. The molecule has 1 aromatic rings. The van der Waals surface area contributed by atoms with Gasteiger partial charge in [-0.25, -0.2) is 0 Å². The maximum absolute atomic E-state index is 5.82. The number of hydrogen-bond donors (Lipinski definition) is 1. The van der Waals surface area contributed by atoms with Crippen LogP contribution in [0.3, 0.4) is 0 Å². The van der Waals surface area contributed by atoms with Gasteiger partial charge in [0.1, 0.15) is 0 Å². The molecule has 1 aliphatic heterocycles. The third-order valence-corrected chi connectivity index (χ3v) is 4.88. The summed E-state index contributed by atoms with van der Waals surface area (Å²) in [5, 5.41) is 3.80. The Balaban J connectivity index is 1.58. The van der Waals surface area contributed by atoms with Crippen molar-refractivity contribution in [3.05, 3.63) is 35.4 Å². The number of benzene rings is 1. The average Bonchev–Trinajstić information content (AvgIpc) is 2.71. The summed E-state index contributed by atoms with van der Waals surface area (Å²) in [6.45, 7) is 6.78. The molecule has 2 unspecified atom stereocenters. The van der Waals surface area contributed by atoms with Crippen LogP contribution in [0.5, 0.6) is 0 Å². The minimum absolute atomic E-state index is 0.317. The molecule has 0 saturated carbocycles. The Labute approximate surface area is 122 Å². The highest BCUT2D eigenvalue weighted by Crippen LogP contribution is 2.44. The van der Waals surface area contributed by atoms with Crippen molar-refractivity contribution in [2.24, 2.45) is 5.41 Å². The number of nitrogens with one attached hydrogen (secondary N) is 1. The van der Waals surface area contributed by atoms with Gasteiger partial charge in [-0.3, -0.25) is 0 Å². The van der Waals surface area contributed by atoms with Crippen LogP contribution in [-0.4, -0.2) is 19.3 Å². The second-order valence-electron chi connectivity index (χ2n) is 7.03. The van der Waals surface area contributed by atoms with Crippen molar-refractivity contribution in [3.8, 4) is 0 Å². The highest BCUT2D eigenvalue weighted by Gasteiger charge is 2.38. The third-order valence-electron chi connectivity index (χ3n) is 4.88. The first-order valence-corrected chi connectivity index (χ1v) is 8.09. The van der Waals surface area contributed by atoms with E-state index in [1.165, 1.54) is 36.8 Å². The Morgan fingerprint density at radius 2 is 2.10 bits per heavy atom. The molecule has 2 atom stereocenters. The van der Waals surface area contributed by atoms with Crippen LogP contribution in [-0.2, 0) is 11.2 Å². The van der Waals surface area contributed by atoms with Gasteiger partial charge in [0.05, 0.1) is 6.10 Å². The molecule has 1 N–H and O–H groups in total. The smallest absolute Gasteiger partial charge is 0.0587 e. The average molecular weight is 273 g/mol. The second-order valence-corrected chi connectivity index (χ2v) is 7.03. The molecule has 3 rings (SSSR count). The Bertz CT molecular complexity index is 448. The van der Waals surface area contributed by atoms with Crippen molar-refractivity contribution in [1.29, 1.82) is 0 Å². The molecule has 0 spiro atoms. The van der Waals surface area contributed by atoms with E-state index in [9.17, 15) is 0 Å². The van der Waals surface area contributed by atoms with E-state index in [4.69, 9.17) is 4.74 Å². The quantitative estimate of drug-likeness (QED) is 0.899. The zero-order chi connectivity index (χ0) is 14.0. The van der Waals surface area contributed by atoms with E-state index in [1.807, 2.05) is 0 Å². The van der Waals surface area contributed by atoms with Gasteiger partial charge in [-0.05, 0) is 55.2 Å². The fourth-order valence-electron chi connectivity index (χ4n) is 3.80. The summed E-state index contributed by atoms with van der Waals surface area (Å²) in [7, 11) is 0. The second kappa shape index (κ2) is 5.87. The van der Waals surface area contributed by atoms with Crippen LogP contribution in [0, 0.1) is 5.41 Å². The van der Waals surface area contributed by atoms with Crippen molar-refractivity contribution in [1.82, 2.24) is 5.32 Å². The molecular weight excluding hydrogens is 246 g/mol. The van der Waals surface area contributed by atoms with Gasteiger partial charge in [-0.2, -0.15) is 0 Å². The van der Waals surface area contributed by atoms with Gasteiger partial charge in [0.25, 0.3) is 0 Å². The van der Waals surface area contributed by atoms with E-state index in [0.717, 1.165) is 19.6 Å². The first-order valence-electron chi connectivity index (χ1n) is 8.09. The van der Waals surface area contributed by atoms with Gasteiger partial charge in [-0.1, -0.05) is 38.1 Å². The van der Waals surface area contributed by atoms with E-state index in [-0.39, 0.29) is 0 Å². The minimum atomic E-state index is 0.317. The Morgan fingerprint density at radius 3 is 2.90 bits per heavy atom. The van der Waals surface area contributed by atoms with Gasteiger partial charge >= 0.3 is 0 Å². The summed E-state index contributed by atoms with van der Waals surface area (Å²) in [5.41, 5.74) is 3.34. The van der Waals surface area contributed by atoms with E-state index in [0.29, 0.717) is 17.6 Å². The standard InChI is InChI=1S/C18H27NO/c1-18(2)13-14-7-3-4-9-16(14)17(18)19-11-10-15-8-5-6-12-20-15/h3-4,7,9,15,17,19H,5-6,8,10-13H2,1-2H3. The molecule has 2 nitrogen and oxygen atoms in total. The number of rotatable bonds is 4. The Morgan fingerprint density at radius 1 is 1.25 bits per heavy atom. The van der Waals surface area contributed by atoms with E-state index < -0.39 is 0 Å². The van der Waals surface area contributed by atoms with Crippen molar-refractivity contribution < 1.29 is 4.74 Å². The molecule has 0 bridgehead atoms. The number of fused-ring (bicyclic) bond motifs is 1. The molecule has 0 radical (unpaired) electrons. The van der Waals surface area contributed by atoms with Crippen molar-refractivity contribution >= 4 is 0 Å². The van der Waals surface area contributed by atoms with Crippen molar-refractivity contribution in [2.45, 2.75) is 58.1 Å². The fraction of sp³-hybridized carbons (Fsp3) is 0.667. The summed E-state index contributed by atoms with van der Waals surface area (Å²) in [5.74, 6) is 0. The SMILES string of the molecule is CC1(C)Cc2ccccc2C1NCCC1CCCCO1. The van der Waals surface area contributed by atoms with E-state index >= 15 is 0 Å². The zero-order valence-corrected chi connectivity index (χ0v) is 12.8. The van der Waals surface area contributed by atoms with Crippen LogP contribution in [0.1, 0.15) is 56.7 Å². The monoisotopic (exact) mass is 273 g/mol. The van der Waals surface area contributed by atoms with Crippen molar-refractivity contribution in [2.75, 3.05) is 13.2 Å². The molecule has 2 aliphatic rings. The van der Waals surface area contributed by atoms with Crippen LogP contribution >= 0.6 is 0 Å². The number of hydrogen-bond acceptors (Lipinski definition) is 2. The molecule has 1 fully saturated rings. The van der Waals surface area contributed by atoms with Crippen molar-refractivity contribution in [3.63, 3.8) is 0 Å². The van der Waals surface area contributed by atoms with Gasteiger partial charge < -0.3 is 10.1 Å². The predicted octanol–water partition coefficient (Wildman–Crippen LogP) is 3.86. The van der Waals surface area contributed by atoms with Gasteiger partial charge in [-0.15, -0.1) is 0 Å². The first kappa shape index (κ1) is 14.1. The van der Waals surface area contributed by atoms with Crippen LogP contribution in [0.2, 0.25) is 0 Å². The van der Waals surface area contributed by atoms with Gasteiger partial charge in [0, 0.05) is 12.6 Å². The lowest BCUT2D eigenvalue weighted by molar-refractivity contribution is 0.0106. The molecule has 2 heteroatoms. The summed E-state index contributed by atoms with van der Waals surface area (Å²) in [6, 6.07) is 9.39. The maximum atomic E-state index is 5.82. The summed E-state index contributed by atoms with van der Waals surface area (Å²) in [4.78, 5) is 0. The van der Waals surface area contributed by atoms with Gasteiger partial charge in [0.2, 0.25) is 0 Å². The number of ether oxygens (including phenoxy) is 1. The lowest BCUT2D eigenvalue weighted by Crippen LogP contribution is -2.33. The third kappa shape index (κ3) is 2.91. The highest BCUT2D eigenvalue weighted by molar-refractivity contribution is 5.37. The molecule has 110 valence electrons. The van der Waals surface area contributed by atoms with Gasteiger partial charge in [0.15, 0.2) is 0 Å². The minimum Gasteiger partial charge on any atom is -0.378 e. The molecule has 1 aliphatic carbocycles. The van der Waals surface area contributed by atoms with Crippen LogP contribution < -0.4 is 5.32 Å². The Hall–Kier alpha value is -0.860. The lowest BCUT2D eigenvalue weighted by Gasteiger charge is -2.30. The molecule has 0 amide bonds. The summed E-state index contributed by atoms with van der Waals surface area (Å²) in [6.07, 6.45) is 6.63. The maximum Gasteiger partial charge on any atom is 0.0587 e. The van der Waals surface area contributed by atoms with E-state index in [1.54, 1.807) is 0 Å². The lowest BCUT2D eigenvalue weighted by atomic mass is 9.85. The topological polar surface area (TPSA) is 21.3 Å². The summed E-state index contributed by atoms with van der Waals surface area (Å²) < 4.78 is 5.82. The molecule has 1 heterocycles. The molecule has 1 saturated heterocycles. The van der Waals surface area contributed by atoms with E-state index in [2.05, 4.69) is 43.4 Å². The predicted molar refractivity (Wildman–Crippen MR) is 82.9 cm³/mol. The van der Waals surface area contributed by atoms with Crippen LogP contribution in [0.15, 0.2) is 24.3 Å². The fourth-order valence-corrected chi connectivity index (χ4v) is 3.80. The largest absolute Gasteiger partial charge is 0.378 e. The van der Waals surface area contributed by atoms with Crippen LogP contribution in [0.25, 0.3) is 0 Å². The van der Waals surface area contributed by atoms with Crippen LogP contribution in [0.4, 0.5) is 0 Å². The highest BCUT2D eigenvalue weighted by atomic mass is 16.5.